The molecule has 1 aromatic rings. The van der Waals surface area contributed by atoms with Crippen molar-refractivity contribution in [3.63, 3.8) is 0 Å². The molecule has 0 unspecified atom stereocenters. The monoisotopic (exact) mass is 177 g/mol. The molecule has 0 amide bonds. The lowest BCUT2D eigenvalue weighted by atomic mass is 9.83. The minimum absolute atomic E-state index is 0.0621. The van der Waals surface area contributed by atoms with Crippen molar-refractivity contribution >= 4 is 0 Å². The van der Waals surface area contributed by atoms with Crippen LogP contribution in [0.15, 0.2) is 24.5 Å². The standard InChI is InChI=1S/C11H15NO/c13-11-5-3-9(4-6-11)10-2-1-7-12-8-10/h1-2,7-9,11,13H,3-6H2. The van der Waals surface area contributed by atoms with E-state index < -0.39 is 0 Å². The molecular formula is C11H15NO. The van der Waals surface area contributed by atoms with Crippen molar-refractivity contribution in [2.24, 2.45) is 0 Å². The maximum atomic E-state index is 9.36. The summed E-state index contributed by atoms with van der Waals surface area (Å²) in [4.78, 5) is 4.12. The fourth-order valence-corrected chi connectivity index (χ4v) is 2.03. The highest BCUT2D eigenvalue weighted by Gasteiger charge is 2.20. The predicted octanol–water partition coefficient (Wildman–Crippen LogP) is 2.10. The minimum atomic E-state index is -0.0621. The van der Waals surface area contributed by atoms with Crippen molar-refractivity contribution < 1.29 is 5.11 Å². The molecule has 0 saturated heterocycles. The van der Waals surface area contributed by atoms with E-state index in [1.165, 1.54) is 5.56 Å². The van der Waals surface area contributed by atoms with Crippen molar-refractivity contribution in [3.8, 4) is 0 Å². The lowest BCUT2D eigenvalue weighted by molar-refractivity contribution is 0.122. The molecule has 1 heterocycles. The van der Waals surface area contributed by atoms with E-state index >= 15 is 0 Å². The molecule has 1 fully saturated rings. The van der Waals surface area contributed by atoms with E-state index in [1.54, 1.807) is 6.20 Å². The van der Waals surface area contributed by atoms with E-state index in [4.69, 9.17) is 0 Å². The molecule has 0 bridgehead atoms. The van der Waals surface area contributed by atoms with Gasteiger partial charge in [-0.15, -0.1) is 0 Å². The van der Waals surface area contributed by atoms with Crippen LogP contribution in [-0.2, 0) is 0 Å². The van der Waals surface area contributed by atoms with Gasteiger partial charge in [0, 0.05) is 12.4 Å². The van der Waals surface area contributed by atoms with E-state index in [0.29, 0.717) is 5.92 Å². The summed E-state index contributed by atoms with van der Waals surface area (Å²) < 4.78 is 0. The van der Waals surface area contributed by atoms with Crippen molar-refractivity contribution in [2.45, 2.75) is 37.7 Å². The first-order chi connectivity index (χ1) is 6.36. The first kappa shape index (κ1) is 8.70. The third-order valence-corrected chi connectivity index (χ3v) is 2.85. The zero-order chi connectivity index (χ0) is 9.10. The molecule has 0 aromatic carbocycles. The van der Waals surface area contributed by atoms with Crippen LogP contribution in [0.25, 0.3) is 0 Å². The molecule has 70 valence electrons. The van der Waals surface area contributed by atoms with Gasteiger partial charge in [0.15, 0.2) is 0 Å². The zero-order valence-corrected chi connectivity index (χ0v) is 7.69. The van der Waals surface area contributed by atoms with E-state index in [0.717, 1.165) is 25.7 Å². The van der Waals surface area contributed by atoms with Crippen LogP contribution in [0, 0.1) is 0 Å². The first-order valence-corrected chi connectivity index (χ1v) is 4.94. The van der Waals surface area contributed by atoms with Crippen LogP contribution < -0.4 is 0 Å². The minimum Gasteiger partial charge on any atom is -0.393 e. The second-order valence-corrected chi connectivity index (χ2v) is 3.79. The lowest BCUT2D eigenvalue weighted by Gasteiger charge is -2.25. The van der Waals surface area contributed by atoms with Crippen molar-refractivity contribution in [2.75, 3.05) is 0 Å². The number of aliphatic hydroxyl groups excluding tert-OH is 1. The largest absolute Gasteiger partial charge is 0.393 e. The quantitative estimate of drug-likeness (QED) is 0.712. The molecule has 1 aliphatic rings. The Balaban J connectivity index is 2.03. The SMILES string of the molecule is OC1CCC(c2cccnc2)CC1. The predicted molar refractivity (Wildman–Crippen MR) is 51.5 cm³/mol. The van der Waals surface area contributed by atoms with Gasteiger partial charge < -0.3 is 5.11 Å². The highest BCUT2D eigenvalue weighted by Crippen LogP contribution is 2.32. The number of hydrogen-bond donors (Lipinski definition) is 1. The van der Waals surface area contributed by atoms with Gasteiger partial charge in [-0.25, -0.2) is 0 Å². The summed E-state index contributed by atoms with van der Waals surface area (Å²) in [6.45, 7) is 0. The second kappa shape index (κ2) is 3.88. The molecular weight excluding hydrogens is 162 g/mol. The average molecular weight is 177 g/mol. The van der Waals surface area contributed by atoms with Gasteiger partial charge in [-0.1, -0.05) is 6.07 Å². The molecule has 1 saturated carbocycles. The van der Waals surface area contributed by atoms with E-state index in [1.807, 2.05) is 12.3 Å². The van der Waals surface area contributed by atoms with Gasteiger partial charge in [0.1, 0.15) is 0 Å². The van der Waals surface area contributed by atoms with E-state index in [-0.39, 0.29) is 6.10 Å². The summed E-state index contributed by atoms with van der Waals surface area (Å²) in [6.07, 6.45) is 7.79. The van der Waals surface area contributed by atoms with Gasteiger partial charge in [0.05, 0.1) is 6.10 Å². The summed E-state index contributed by atoms with van der Waals surface area (Å²) in [7, 11) is 0. The number of hydrogen-bond acceptors (Lipinski definition) is 2. The molecule has 1 N–H and O–H groups in total. The summed E-state index contributed by atoms with van der Waals surface area (Å²) in [5.41, 5.74) is 1.33. The van der Waals surface area contributed by atoms with E-state index in [2.05, 4.69) is 11.1 Å². The molecule has 0 atom stereocenters. The molecule has 0 radical (unpaired) electrons. The molecule has 0 aliphatic heterocycles. The third-order valence-electron chi connectivity index (χ3n) is 2.85. The molecule has 2 nitrogen and oxygen atoms in total. The molecule has 1 aliphatic carbocycles. The fourth-order valence-electron chi connectivity index (χ4n) is 2.03. The summed E-state index contributed by atoms with van der Waals surface area (Å²) in [6, 6.07) is 4.12. The van der Waals surface area contributed by atoms with Crippen LogP contribution in [-0.4, -0.2) is 16.2 Å². The van der Waals surface area contributed by atoms with Crippen LogP contribution in [0.5, 0.6) is 0 Å². The lowest BCUT2D eigenvalue weighted by Crippen LogP contribution is -2.16. The Labute approximate surface area is 78.6 Å². The molecule has 13 heavy (non-hydrogen) atoms. The van der Waals surface area contributed by atoms with Gasteiger partial charge in [-0.05, 0) is 43.2 Å². The summed E-state index contributed by atoms with van der Waals surface area (Å²) in [5, 5.41) is 9.36. The maximum Gasteiger partial charge on any atom is 0.0540 e. The molecule has 1 aromatic heterocycles. The van der Waals surface area contributed by atoms with Crippen LogP contribution in [0.4, 0.5) is 0 Å². The van der Waals surface area contributed by atoms with Crippen LogP contribution in [0.1, 0.15) is 37.2 Å². The molecule has 0 spiro atoms. The zero-order valence-electron chi connectivity index (χ0n) is 7.69. The Morgan fingerprint density at radius 3 is 2.62 bits per heavy atom. The fraction of sp³-hybridized carbons (Fsp3) is 0.545. The molecule has 2 rings (SSSR count). The van der Waals surface area contributed by atoms with Crippen LogP contribution >= 0.6 is 0 Å². The van der Waals surface area contributed by atoms with Crippen molar-refractivity contribution in [1.29, 1.82) is 0 Å². The van der Waals surface area contributed by atoms with Gasteiger partial charge in [0.2, 0.25) is 0 Å². The first-order valence-electron chi connectivity index (χ1n) is 4.94. The van der Waals surface area contributed by atoms with Crippen LogP contribution in [0.2, 0.25) is 0 Å². The highest BCUT2D eigenvalue weighted by molar-refractivity contribution is 5.15. The Bertz CT molecular complexity index is 252. The number of nitrogens with zero attached hydrogens (tertiary/aromatic N) is 1. The number of pyridine rings is 1. The van der Waals surface area contributed by atoms with E-state index in [9.17, 15) is 5.11 Å². The number of aliphatic hydroxyl groups is 1. The topological polar surface area (TPSA) is 33.1 Å². The third kappa shape index (κ3) is 2.07. The Hall–Kier alpha value is -0.890. The smallest absolute Gasteiger partial charge is 0.0540 e. The highest BCUT2D eigenvalue weighted by atomic mass is 16.3. The normalized spacial score (nSPS) is 28.7. The Kier molecular flexibility index (Phi) is 2.60. The van der Waals surface area contributed by atoms with Gasteiger partial charge in [-0.2, -0.15) is 0 Å². The average Bonchev–Trinajstić information content (AvgIpc) is 2.20. The molecule has 2 heteroatoms. The van der Waals surface area contributed by atoms with Gasteiger partial charge >= 0.3 is 0 Å². The second-order valence-electron chi connectivity index (χ2n) is 3.79. The Morgan fingerprint density at radius 2 is 2.00 bits per heavy atom. The van der Waals surface area contributed by atoms with Crippen molar-refractivity contribution in [3.05, 3.63) is 30.1 Å². The van der Waals surface area contributed by atoms with Crippen LogP contribution in [0.3, 0.4) is 0 Å². The van der Waals surface area contributed by atoms with Gasteiger partial charge in [-0.3, -0.25) is 4.98 Å². The maximum absolute atomic E-state index is 9.36. The number of rotatable bonds is 1. The summed E-state index contributed by atoms with van der Waals surface area (Å²) >= 11 is 0. The van der Waals surface area contributed by atoms with Gasteiger partial charge in [0.25, 0.3) is 0 Å². The van der Waals surface area contributed by atoms with Crippen molar-refractivity contribution in [1.82, 2.24) is 4.98 Å². The Morgan fingerprint density at radius 1 is 1.23 bits per heavy atom. The number of aromatic nitrogens is 1. The summed E-state index contributed by atoms with van der Waals surface area (Å²) in [5.74, 6) is 0.622.